The zero-order valence-electron chi connectivity index (χ0n) is 7.40. The molecule has 1 aromatic heterocycles. The number of piperazine rings is 1. The number of nitrogens with one attached hydrogen (secondary N) is 1. The Hall–Kier alpha value is -1.20. The zero-order valence-corrected chi connectivity index (χ0v) is 8.16. The van der Waals surface area contributed by atoms with Crippen LogP contribution in [0, 0.1) is 0 Å². The summed E-state index contributed by atoms with van der Waals surface area (Å²) in [5.74, 6) is 0.350. The predicted molar refractivity (Wildman–Crippen MR) is 52.3 cm³/mol. The van der Waals surface area contributed by atoms with Gasteiger partial charge in [-0.2, -0.15) is 0 Å². The van der Waals surface area contributed by atoms with E-state index in [1.165, 1.54) is 4.90 Å². The van der Waals surface area contributed by atoms with Crippen molar-refractivity contribution in [1.82, 2.24) is 15.3 Å². The first-order valence-electron chi connectivity index (χ1n) is 4.27. The van der Waals surface area contributed by atoms with Crippen molar-refractivity contribution < 1.29 is 4.79 Å². The molecule has 74 valence electrons. The van der Waals surface area contributed by atoms with Gasteiger partial charge < -0.3 is 5.32 Å². The Kier molecular flexibility index (Phi) is 2.60. The van der Waals surface area contributed by atoms with Crippen molar-refractivity contribution in [2.45, 2.75) is 0 Å². The minimum atomic E-state index is -0.0292. The first kappa shape index (κ1) is 9.36. The smallest absolute Gasteiger partial charge is 0.243 e. The second kappa shape index (κ2) is 3.89. The summed E-state index contributed by atoms with van der Waals surface area (Å²) in [5, 5.41) is 3.32. The first-order valence-corrected chi connectivity index (χ1v) is 4.65. The highest BCUT2D eigenvalue weighted by Crippen LogP contribution is 2.11. The summed E-state index contributed by atoms with van der Waals surface area (Å²) >= 11 is 5.71. The van der Waals surface area contributed by atoms with Gasteiger partial charge in [0.1, 0.15) is 5.15 Å². The molecule has 0 radical (unpaired) electrons. The van der Waals surface area contributed by atoms with Crippen LogP contribution in [0.25, 0.3) is 0 Å². The molecule has 0 atom stereocenters. The largest absolute Gasteiger partial charge is 0.307 e. The van der Waals surface area contributed by atoms with Crippen molar-refractivity contribution in [1.29, 1.82) is 0 Å². The average molecular weight is 213 g/mol. The number of halogens is 1. The molecule has 0 spiro atoms. The quantitative estimate of drug-likeness (QED) is 0.670. The fraction of sp³-hybridized carbons (Fsp3) is 0.375. The van der Waals surface area contributed by atoms with E-state index >= 15 is 0 Å². The van der Waals surface area contributed by atoms with Gasteiger partial charge in [-0.15, -0.1) is 0 Å². The highest BCUT2D eigenvalue weighted by molar-refractivity contribution is 6.29. The Morgan fingerprint density at radius 3 is 3.14 bits per heavy atom. The van der Waals surface area contributed by atoms with E-state index in [0.717, 1.165) is 6.54 Å². The van der Waals surface area contributed by atoms with Crippen molar-refractivity contribution in [3.05, 3.63) is 17.4 Å². The van der Waals surface area contributed by atoms with Gasteiger partial charge in [-0.3, -0.25) is 9.69 Å². The molecule has 1 amide bonds. The molecule has 1 aromatic rings. The molecule has 6 heteroatoms. The number of aromatic nitrogens is 2. The number of hydrogen-bond acceptors (Lipinski definition) is 4. The second-order valence-electron chi connectivity index (χ2n) is 2.90. The van der Waals surface area contributed by atoms with E-state index in [0.29, 0.717) is 24.2 Å². The van der Waals surface area contributed by atoms with Gasteiger partial charge in [0.2, 0.25) is 11.9 Å². The third-order valence-corrected chi connectivity index (χ3v) is 2.15. The van der Waals surface area contributed by atoms with E-state index in [2.05, 4.69) is 15.3 Å². The van der Waals surface area contributed by atoms with Crippen LogP contribution < -0.4 is 10.2 Å². The lowest BCUT2D eigenvalue weighted by atomic mass is 10.4. The minimum absolute atomic E-state index is 0.0292. The third kappa shape index (κ3) is 1.83. The molecular weight excluding hydrogens is 204 g/mol. The van der Waals surface area contributed by atoms with Crippen LogP contribution in [-0.2, 0) is 4.79 Å². The van der Waals surface area contributed by atoms with E-state index in [-0.39, 0.29) is 5.91 Å². The van der Waals surface area contributed by atoms with Gasteiger partial charge in [0.15, 0.2) is 0 Å². The lowest BCUT2D eigenvalue weighted by Gasteiger charge is -2.25. The SMILES string of the molecule is O=C1CNCCN1c1nccc(Cl)n1. The van der Waals surface area contributed by atoms with Crippen LogP contribution >= 0.6 is 11.6 Å². The lowest BCUT2D eigenvalue weighted by Crippen LogP contribution is -2.48. The van der Waals surface area contributed by atoms with Gasteiger partial charge in [0.05, 0.1) is 6.54 Å². The summed E-state index contributed by atoms with van der Waals surface area (Å²) in [6, 6.07) is 1.58. The molecule has 1 fully saturated rings. The Morgan fingerprint density at radius 1 is 1.57 bits per heavy atom. The van der Waals surface area contributed by atoms with Crippen LogP contribution in [0.2, 0.25) is 5.15 Å². The molecule has 2 rings (SSSR count). The normalized spacial score (nSPS) is 17.2. The predicted octanol–water partition coefficient (Wildman–Crippen LogP) is 0.0662. The Labute approximate surface area is 86.1 Å². The molecular formula is C8H9ClN4O. The van der Waals surface area contributed by atoms with E-state index in [9.17, 15) is 4.79 Å². The van der Waals surface area contributed by atoms with E-state index < -0.39 is 0 Å². The van der Waals surface area contributed by atoms with Crippen LogP contribution in [-0.4, -0.2) is 35.5 Å². The average Bonchev–Trinajstić information content (AvgIpc) is 2.18. The summed E-state index contributed by atoms with van der Waals surface area (Å²) in [7, 11) is 0. The third-order valence-electron chi connectivity index (χ3n) is 1.94. The fourth-order valence-electron chi connectivity index (χ4n) is 1.28. The Bertz CT molecular complexity index is 357. The molecule has 0 aromatic carbocycles. The number of rotatable bonds is 1. The van der Waals surface area contributed by atoms with Crippen LogP contribution in [0.15, 0.2) is 12.3 Å². The molecule has 5 nitrogen and oxygen atoms in total. The van der Waals surface area contributed by atoms with Gasteiger partial charge >= 0.3 is 0 Å². The van der Waals surface area contributed by atoms with Crippen molar-refractivity contribution in [2.75, 3.05) is 24.5 Å². The van der Waals surface area contributed by atoms with Crippen molar-refractivity contribution >= 4 is 23.5 Å². The van der Waals surface area contributed by atoms with Crippen LogP contribution in [0.3, 0.4) is 0 Å². The summed E-state index contributed by atoms with van der Waals surface area (Å²) in [4.78, 5) is 21.0. The fourth-order valence-corrected chi connectivity index (χ4v) is 1.41. The monoisotopic (exact) mass is 212 g/mol. The van der Waals surface area contributed by atoms with E-state index in [1.807, 2.05) is 0 Å². The van der Waals surface area contributed by atoms with Crippen LogP contribution in [0.4, 0.5) is 5.95 Å². The molecule has 1 aliphatic rings. The van der Waals surface area contributed by atoms with E-state index in [1.54, 1.807) is 12.3 Å². The van der Waals surface area contributed by atoms with Crippen LogP contribution in [0.5, 0.6) is 0 Å². The molecule has 14 heavy (non-hydrogen) atoms. The Morgan fingerprint density at radius 2 is 2.43 bits per heavy atom. The lowest BCUT2D eigenvalue weighted by molar-refractivity contribution is -0.118. The standard InChI is InChI=1S/C8H9ClN4O/c9-6-1-2-11-8(12-6)13-4-3-10-5-7(13)14/h1-2,10H,3-5H2. The topological polar surface area (TPSA) is 58.1 Å². The molecule has 0 unspecified atom stereocenters. The van der Waals surface area contributed by atoms with Crippen LogP contribution in [0.1, 0.15) is 0 Å². The molecule has 0 bridgehead atoms. The molecule has 0 aliphatic carbocycles. The number of amides is 1. The van der Waals surface area contributed by atoms with Crippen molar-refractivity contribution in [3.8, 4) is 0 Å². The van der Waals surface area contributed by atoms with Gasteiger partial charge in [-0.25, -0.2) is 9.97 Å². The number of nitrogens with zero attached hydrogens (tertiary/aromatic N) is 3. The van der Waals surface area contributed by atoms with Gasteiger partial charge in [-0.1, -0.05) is 11.6 Å². The molecule has 2 heterocycles. The summed E-state index contributed by atoms with van der Waals surface area (Å²) in [6.45, 7) is 1.66. The van der Waals surface area contributed by atoms with Crippen molar-refractivity contribution in [3.63, 3.8) is 0 Å². The van der Waals surface area contributed by atoms with Crippen molar-refractivity contribution in [2.24, 2.45) is 0 Å². The first-order chi connectivity index (χ1) is 6.77. The zero-order chi connectivity index (χ0) is 9.97. The maximum atomic E-state index is 11.4. The number of carbonyl (C=O) groups is 1. The summed E-state index contributed by atoms with van der Waals surface area (Å²) in [5.41, 5.74) is 0. The maximum Gasteiger partial charge on any atom is 0.243 e. The minimum Gasteiger partial charge on any atom is -0.307 e. The molecule has 0 saturated carbocycles. The van der Waals surface area contributed by atoms with Gasteiger partial charge in [0.25, 0.3) is 0 Å². The maximum absolute atomic E-state index is 11.4. The highest BCUT2D eigenvalue weighted by atomic mass is 35.5. The summed E-state index contributed by atoms with van der Waals surface area (Å²) in [6.07, 6.45) is 1.54. The molecule has 1 N–H and O–H groups in total. The molecule has 1 saturated heterocycles. The second-order valence-corrected chi connectivity index (χ2v) is 3.29. The number of anilines is 1. The van der Waals surface area contributed by atoms with Gasteiger partial charge in [-0.05, 0) is 6.07 Å². The highest BCUT2D eigenvalue weighted by Gasteiger charge is 2.21. The number of carbonyl (C=O) groups excluding carboxylic acids is 1. The molecule has 1 aliphatic heterocycles. The number of hydrogen-bond donors (Lipinski definition) is 1. The summed E-state index contributed by atoms with van der Waals surface area (Å²) < 4.78 is 0. The Balaban J connectivity index is 2.24. The van der Waals surface area contributed by atoms with Gasteiger partial charge in [0, 0.05) is 19.3 Å². The van der Waals surface area contributed by atoms with E-state index in [4.69, 9.17) is 11.6 Å².